The molecule has 0 N–H and O–H groups in total. The number of carbonyl (C=O) groups is 1. The minimum Gasteiger partial charge on any atom is -0.333 e. The summed E-state index contributed by atoms with van der Waals surface area (Å²) in [5.41, 5.74) is 3.56. The summed E-state index contributed by atoms with van der Waals surface area (Å²) in [6.45, 7) is 3.43. The van der Waals surface area contributed by atoms with Crippen LogP contribution in [0, 0.1) is 0 Å². The number of amides is 1. The van der Waals surface area contributed by atoms with Crippen molar-refractivity contribution in [2.45, 2.75) is 45.2 Å². The van der Waals surface area contributed by atoms with E-state index in [1.54, 1.807) is 6.92 Å². The van der Waals surface area contributed by atoms with E-state index < -0.39 is 0 Å². The number of aryl methyl sites for hydroxylation is 2. The van der Waals surface area contributed by atoms with Crippen LogP contribution in [0.2, 0.25) is 0 Å². The first-order chi connectivity index (χ1) is 12.7. The fourth-order valence-corrected chi connectivity index (χ4v) is 4.08. The van der Waals surface area contributed by atoms with Gasteiger partial charge in [-0.2, -0.15) is 0 Å². The van der Waals surface area contributed by atoms with Gasteiger partial charge in [0.05, 0.1) is 17.1 Å². The van der Waals surface area contributed by atoms with E-state index in [0.29, 0.717) is 0 Å². The molecule has 0 saturated carbocycles. The Labute approximate surface area is 154 Å². The van der Waals surface area contributed by atoms with Gasteiger partial charge in [-0.25, -0.2) is 4.98 Å². The lowest BCUT2D eigenvalue weighted by atomic mass is 10.1. The van der Waals surface area contributed by atoms with Gasteiger partial charge in [0.25, 0.3) is 0 Å². The number of aromatic nitrogens is 2. The molecule has 26 heavy (non-hydrogen) atoms. The first kappa shape index (κ1) is 16.8. The van der Waals surface area contributed by atoms with E-state index in [1.807, 2.05) is 11.0 Å². The van der Waals surface area contributed by atoms with Gasteiger partial charge in [0.15, 0.2) is 0 Å². The molecule has 1 amide bonds. The van der Waals surface area contributed by atoms with Crippen molar-refractivity contribution in [1.29, 1.82) is 0 Å². The van der Waals surface area contributed by atoms with Crippen molar-refractivity contribution in [2.24, 2.45) is 0 Å². The third-order valence-electron chi connectivity index (χ3n) is 5.33. The molecule has 1 saturated heterocycles. The molecule has 0 aliphatic carbocycles. The molecule has 1 unspecified atom stereocenters. The van der Waals surface area contributed by atoms with E-state index in [0.717, 1.165) is 50.1 Å². The Morgan fingerprint density at radius 3 is 2.69 bits per heavy atom. The van der Waals surface area contributed by atoms with Crippen molar-refractivity contribution in [3.63, 3.8) is 0 Å². The highest BCUT2D eigenvalue weighted by atomic mass is 16.2. The van der Waals surface area contributed by atoms with Gasteiger partial charge < -0.3 is 9.47 Å². The lowest BCUT2D eigenvalue weighted by Gasteiger charge is -2.24. The molecule has 134 valence electrons. The number of para-hydroxylation sites is 2. The van der Waals surface area contributed by atoms with Gasteiger partial charge in [0, 0.05) is 20.0 Å². The van der Waals surface area contributed by atoms with E-state index in [4.69, 9.17) is 4.98 Å². The SMILES string of the molecule is CC(=O)N1CCCC1c1nc2ccccc2n1CCCc1ccccc1. The Morgan fingerprint density at radius 2 is 1.88 bits per heavy atom. The Balaban J connectivity index is 1.62. The highest BCUT2D eigenvalue weighted by Gasteiger charge is 2.31. The second-order valence-electron chi connectivity index (χ2n) is 7.07. The van der Waals surface area contributed by atoms with Crippen LogP contribution >= 0.6 is 0 Å². The molecule has 0 spiro atoms. The smallest absolute Gasteiger partial charge is 0.220 e. The van der Waals surface area contributed by atoms with Crippen LogP contribution in [0.25, 0.3) is 11.0 Å². The van der Waals surface area contributed by atoms with Gasteiger partial charge in [-0.3, -0.25) is 4.79 Å². The Kier molecular flexibility index (Phi) is 4.74. The molecule has 1 atom stereocenters. The van der Waals surface area contributed by atoms with Crippen LogP contribution in [0.1, 0.15) is 43.6 Å². The number of benzene rings is 2. The maximum Gasteiger partial charge on any atom is 0.220 e. The van der Waals surface area contributed by atoms with E-state index in [-0.39, 0.29) is 11.9 Å². The minimum absolute atomic E-state index is 0.108. The molecular weight excluding hydrogens is 322 g/mol. The van der Waals surface area contributed by atoms with E-state index >= 15 is 0 Å². The number of imidazole rings is 1. The molecule has 1 aliphatic heterocycles. The molecule has 0 radical (unpaired) electrons. The normalized spacial score (nSPS) is 17.1. The average Bonchev–Trinajstić information content (AvgIpc) is 3.27. The zero-order chi connectivity index (χ0) is 17.9. The first-order valence-corrected chi connectivity index (χ1v) is 9.50. The highest BCUT2D eigenvalue weighted by molar-refractivity contribution is 5.77. The number of carbonyl (C=O) groups excluding carboxylic acids is 1. The largest absolute Gasteiger partial charge is 0.333 e. The third kappa shape index (κ3) is 3.24. The number of fused-ring (bicyclic) bond motifs is 1. The zero-order valence-electron chi connectivity index (χ0n) is 15.3. The third-order valence-corrected chi connectivity index (χ3v) is 5.33. The number of hydrogen-bond acceptors (Lipinski definition) is 2. The minimum atomic E-state index is 0.108. The standard InChI is InChI=1S/C22H25N3O/c1-17(26)24-15-8-14-21(24)22-23-19-12-5-6-13-20(19)25(22)16-7-11-18-9-3-2-4-10-18/h2-6,9-10,12-13,21H,7-8,11,14-16H2,1H3. The Hall–Kier alpha value is -2.62. The van der Waals surface area contributed by atoms with Crippen LogP contribution in [-0.2, 0) is 17.8 Å². The summed E-state index contributed by atoms with van der Waals surface area (Å²) in [5.74, 6) is 1.20. The number of rotatable bonds is 5. The van der Waals surface area contributed by atoms with Crippen molar-refractivity contribution in [3.8, 4) is 0 Å². The molecule has 4 nitrogen and oxygen atoms in total. The molecule has 2 heterocycles. The van der Waals surface area contributed by atoms with Gasteiger partial charge in [0.1, 0.15) is 5.82 Å². The maximum absolute atomic E-state index is 12.0. The summed E-state index contributed by atoms with van der Waals surface area (Å²) in [6.07, 6.45) is 4.16. The predicted octanol–water partition coefficient (Wildman–Crippen LogP) is 4.35. The summed E-state index contributed by atoms with van der Waals surface area (Å²) in [6, 6.07) is 19.0. The van der Waals surface area contributed by atoms with Crippen molar-refractivity contribution in [1.82, 2.24) is 14.5 Å². The summed E-state index contributed by atoms with van der Waals surface area (Å²) < 4.78 is 2.34. The van der Waals surface area contributed by atoms with Gasteiger partial charge in [0.2, 0.25) is 5.91 Å². The predicted molar refractivity (Wildman–Crippen MR) is 104 cm³/mol. The topological polar surface area (TPSA) is 38.1 Å². The lowest BCUT2D eigenvalue weighted by molar-refractivity contribution is -0.129. The zero-order valence-corrected chi connectivity index (χ0v) is 15.3. The molecule has 4 heteroatoms. The van der Waals surface area contributed by atoms with Gasteiger partial charge in [-0.05, 0) is 43.4 Å². The molecule has 1 fully saturated rings. The lowest BCUT2D eigenvalue weighted by Crippen LogP contribution is -2.30. The van der Waals surface area contributed by atoms with Crippen LogP contribution in [0.15, 0.2) is 54.6 Å². The second-order valence-corrected chi connectivity index (χ2v) is 7.07. The van der Waals surface area contributed by atoms with Crippen molar-refractivity contribution < 1.29 is 4.79 Å². The fourth-order valence-electron chi connectivity index (χ4n) is 4.08. The van der Waals surface area contributed by atoms with Crippen molar-refractivity contribution in [3.05, 3.63) is 66.0 Å². The van der Waals surface area contributed by atoms with Crippen LogP contribution in [-0.4, -0.2) is 26.9 Å². The number of nitrogens with zero attached hydrogens (tertiary/aromatic N) is 3. The molecule has 1 aromatic heterocycles. The summed E-state index contributed by atoms with van der Waals surface area (Å²) in [4.78, 5) is 18.9. The van der Waals surface area contributed by atoms with Gasteiger partial charge in [-0.15, -0.1) is 0 Å². The molecule has 3 aromatic rings. The molecule has 2 aromatic carbocycles. The number of hydrogen-bond donors (Lipinski definition) is 0. The summed E-state index contributed by atoms with van der Waals surface area (Å²) in [7, 11) is 0. The van der Waals surface area contributed by atoms with Gasteiger partial charge >= 0.3 is 0 Å². The average molecular weight is 347 g/mol. The molecule has 0 bridgehead atoms. The Morgan fingerprint density at radius 1 is 1.12 bits per heavy atom. The molecular formula is C22H25N3O. The molecule has 4 rings (SSSR count). The first-order valence-electron chi connectivity index (χ1n) is 9.50. The van der Waals surface area contributed by atoms with E-state index in [9.17, 15) is 4.79 Å². The van der Waals surface area contributed by atoms with E-state index in [1.165, 1.54) is 11.1 Å². The van der Waals surface area contributed by atoms with Crippen LogP contribution in [0.3, 0.4) is 0 Å². The highest BCUT2D eigenvalue weighted by Crippen LogP contribution is 2.33. The van der Waals surface area contributed by atoms with Crippen LogP contribution < -0.4 is 0 Å². The second kappa shape index (κ2) is 7.32. The van der Waals surface area contributed by atoms with Gasteiger partial charge in [-0.1, -0.05) is 42.5 Å². The Bertz CT molecular complexity index is 900. The van der Waals surface area contributed by atoms with Crippen LogP contribution in [0.5, 0.6) is 0 Å². The number of likely N-dealkylation sites (tertiary alicyclic amines) is 1. The van der Waals surface area contributed by atoms with Crippen molar-refractivity contribution in [2.75, 3.05) is 6.54 Å². The molecule has 1 aliphatic rings. The quantitative estimate of drug-likeness (QED) is 0.688. The monoisotopic (exact) mass is 347 g/mol. The van der Waals surface area contributed by atoms with E-state index in [2.05, 4.69) is 53.1 Å². The maximum atomic E-state index is 12.0. The van der Waals surface area contributed by atoms with Crippen molar-refractivity contribution >= 4 is 16.9 Å². The summed E-state index contributed by atoms with van der Waals surface area (Å²) in [5, 5.41) is 0. The fraction of sp³-hybridized carbons (Fsp3) is 0.364. The van der Waals surface area contributed by atoms with Crippen LogP contribution in [0.4, 0.5) is 0 Å². The summed E-state index contributed by atoms with van der Waals surface area (Å²) >= 11 is 0.